The van der Waals surface area contributed by atoms with Gasteiger partial charge in [-0.1, -0.05) is 18.2 Å². The number of nitriles is 1. The van der Waals surface area contributed by atoms with Crippen molar-refractivity contribution in [3.8, 4) is 6.07 Å². The smallest absolute Gasteiger partial charge is 0.0991 e. The number of nitrogens with two attached hydrogens (primary N) is 1. The maximum Gasteiger partial charge on any atom is 0.0991 e. The fourth-order valence-electron chi connectivity index (χ4n) is 1.12. The SMILES string of the molecule is C=CC[C@@H](N)c1ccc(C#N)cc1. The molecule has 2 N–H and O–H groups in total. The van der Waals surface area contributed by atoms with Gasteiger partial charge in [0.15, 0.2) is 0 Å². The first-order chi connectivity index (χ1) is 6.27. The monoisotopic (exact) mass is 172 g/mol. The van der Waals surface area contributed by atoms with E-state index in [0.717, 1.165) is 12.0 Å². The molecule has 1 aromatic carbocycles. The minimum Gasteiger partial charge on any atom is -0.324 e. The van der Waals surface area contributed by atoms with Gasteiger partial charge in [0.1, 0.15) is 0 Å². The molecule has 0 amide bonds. The van der Waals surface area contributed by atoms with E-state index in [2.05, 4.69) is 12.6 Å². The Morgan fingerprint density at radius 1 is 1.46 bits per heavy atom. The minimum absolute atomic E-state index is 0.00903. The summed E-state index contributed by atoms with van der Waals surface area (Å²) in [5.74, 6) is 0. The van der Waals surface area contributed by atoms with E-state index in [4.69, 9.17) is 11.0 Å². The fraction of sp³-hybridized carbons (Fsp3) is 0.182. The van der Waals surface area contributed by atoms with Gasteiger partial charge in [0.05, 0.1) is 11.6 Å². The van der Waals surface area contributed by atoms with Crippen LogP contribution in [-0.4, -0.2) is 0 Å². The van der Waals surface area contributed by atoms with Gasteiger partial charge in [-0.15, -0.1) is 6.58 Å². The largest absolute Gasteiger partial charge is 0.324 e. The summed E-state index contributed by atoms with van der Waals surface area (Å²) in [6.07, 6.45) is 2.55. The summed E-state index contributed by atoms with van der Waals surface area (Å²) in [5.41, 5.74) is 7.55. The summed E-state index contributed by atoms with van der Waals surface area (Å²) in [6, 6.07) is 9.37. The Labute approximate surface area is 78.3 Å². The van der Waals surface area contributed by atoms with Gasteiger partial charge in [0.2, 0.25) is 0 Å². The summed E-state index contributed by atoms with van der Waals surface area (Å²) in [6.45, 7) is 3.63. The predicted octanol–water partition coefficient (Wildman–Crippen LogP) is 2.13. The highest BCUT2D eigenvalue weighted by Gasteiger charge is 2.02. The summed E-state index contributed by atoms with van der Waals surface area (Å²) in [5, 5.41) is 8.57. The van der Waals surface area contributed by atoms with Crippen molar-refractivity contribution >= 4 is 0 Å². The molecule has 0 radical (unpaired) electrons. The number of benzene rings is 1. The van der Waals surface area contributed by atoms with Gasteiger partial charge in [0.25, 0.3) is 0 Å². The number of hydrogen-bond donors (Lipinski definition) is 1. The van der Waals surface area contributed by atoms with Crippen molar-refractivity contribution in [2.75, 3.05) is 0 Å². The van der Waals surface area contributed by atoms with Crippen molar-refractivity contribution in [3.63, 3.8) is 0 Å². The highest BCUT2D eigenvalue weighted by atomic mass is 14.6. The van der Waals surface area contributed by atoms with Crippen LogP contribution in [0.2, 0.25) is 0 Å². The summed E-state index contributed by atoms with van der Waals surface area (Å²) >= 11 is 0. The first-order valence-corrected chi connectivity index (χ1v) is 4.14. The number of nitrogens with zero attached hydrogens (tertiary/aromatic N) is 1. The van der Waals surface area contributed by atoms with Crippen molar-refractivity contribution in [2.45, 2.75) is 12.5 Å². The van der Waals surface area contributed by atoms with Crippen LogP contribution in [0.15, 0.2) is 36.9 Å². The standard InChI is InChI=1S/C11H12N2/c1-2-3-11(13)10-6-4-9(8-12)5-7-10/h2,4-7,11H,1,3,13H2/t11-/m1/s1. The second kappa shape index (κ2) is 4.44. The van der Waals surface area contributed by atoms with E-state index in [1.165, 1.54) is 0 Å². The van der Waals surface area contributed by atoms with Gasteiger partial charge in [0, 0.05) is 6.04 Å². The van der Waals surface area contributed by atoms with Crippen LogP contribution in [-0.2, 0) is 0 Å². The molecule has 0 bridgehead atoms. The Hall–Kier alpha value is -1.59. The Morgan fingerprint density at radius 3 is 2.54 bits per heavy atom. The van der Waals surface area contributed by atoms with Crippen molar-refractivity contribution in [1.82, 2.24) is 0 Å². The van der Waals surface area contributed by atoms with Crippen LogP contribution in [0.4, 0.5) is 0 Å². The Bertz CT molecular complexity index is 319. The van der Waals surface area contributed by atoms with Gasteiger partial charge in [-0.25, -0.2) is 0 Å². The van der Waals surface area contributed by atoms with E-state index in [0.29, 0.717) is 5.56 Å². The first kappa shape index (κ1) is 9.50. The average molecular weight is 172 g/mol. The molecular formula is C11H12N2. The van der Waals surface area contributed by atoms with Crippen LogP contribution < -0.4 is 5.73 Å². The third-order valence-electron chi connectivity index (χ3n) is 1.89. The zero-order valence-corrected chi connectivity index (χ0v) is 7.40. The van der Waals surface area contributed by atoms with Crippen LogP contribution >= 0.6 is 0 Å². The van der Waals surface area contributed by atoms with E-state index in [1.807, 2.05) is 12.1 Å². The summed E-state index contributed by atoms with van der Waals surface area (Å²) in [7, 11) is 0. The lowest BCUT2D eigenvalue weighted by molar-refractivity contribution is 0.742. The molecule has 1 atom stereocenters. The second-order valence-corrected chi connectivity index (χ2v) is 2.86. The molecule has 2 nitrogen and oxygen atoms in total. The van der Waals surface area contributed by atoms with E-state index >= 15 is 0 Å². The number of hydrogen-bond acceptors (Lipinski definition) is 2. The zero-order valence-electron chi connectivity index (χ0n) is 7.40. The molecule has 0 saturated heterocycles. The van der Waals surface area contributed by atoms with Crippen LogP contribution in [0, 0.1) is 11.3 Å². The van der Waals surface area contributed by atoms with Crippen molar-refractivity contribution in [2.24, 2.45) is 5.73 Å². The molecule has 66 valence electrons. The van der Waals surface area contributed by atoms with E-state index in [-0.39, 0.29) is 6.04 Å². The highest BCUT2D eigenvalue weighted by molar-refractivity contribution is 5.32. The Kier molecular flexibility index (Phi) is 3.24. The molecule has 2 heteroatoms. The fourth-order valence-corrected chi connectivity index (χ4v) is 1.12. The van der Waals surface area contributed by atoms with Gasteiger partial charge >= 0.3 is 0 Å². The third-order valence-corrected chi connectivity index (χ3v) is 1.89. The Morgan fingerprint density at radius 2 is 2.08 bits per heavy atom. The van der Waals surface area contributed by atoms with Gasteiger partial charge in [-0.05, 0) is 24.1 Å². The van der Waals surface area contributed by atoms with Crippen LogP contribution in [0.1, 0.15) is 23.6 Å². The second-order valence-electron chi connectivity index (χ2n) is 2.86. The van der Waals surface area contributed by atoms with E-state index in [9.17, 15) is 0 Å². The van der Waals surface area contributed by atoms with Crippen LogP contribution in [0.25, 0.3) is 0 Å². The summed E-state index contributed by atoms with van der Waals surface area (Å²) in [4.78, 5) is 0. The normalized spacial score (nSPS) is 11.7. The molecule has 1 rings (SSSR count). The molecule has 0 aliphatic rings. The molecule has 0 saturated carbocycles. The van der Waals surface area contributed by atoms with Crippen LogP contribution in [0.5, 0.6) is 0 Å². The maximum absolute atomic E-state index is 8.57. The molecule has 0 aliphatic heterocycles. The zero-order chi connectivity index (χ0) is 9.68. The summed E-state index contributed by atoms with van der Waals surface area (Å²) < 4.78 is 0. The lowest BCUT2D eigenvalue weighted by atomic mass is 10.0. The average Bonchev–Trinajstić information content (AvgIpc) is 2.18. The van der Waals surface area contributed by atoms with Gasteiger partial charge in [-0.2, -0.15) is 5.26 Å². The molecule has 13 heavy (non-hydrogen) atoms. The lowest BCUT2D eigenvalue weighted by Gasteiger charge is -2.08. The lowest BCUT2D eigenvalue weighted by Crippen LogP contribution is -2.08. The van der Waals surface area contributed by atoms with E-state index < -0.39 is 0 Å². The number of rotatable bonds is 3. The molecule has 0 aromatic heterocycles. The van der Waals surface area contributed by atoms with Gasteiger partial charge < -0.3 is 5.73 Å². The molecule has 0 spiro atoms. The minimum atomic E-state index is -0.00903. The maximum atomic E-state index is 8.57. The molecule has 0 fully saturated rings. The van der Waals surface area contributed by atoms with E-state index in [1.54, 1.807) is 18.2 Å². The first-order valence-electron chi connectivity index (χ1n) is 4.14. The quantitative estimate of drug-likeness (QED) is 0.710. The van der Waals surface area contributed by atoms with Gasteiger partial charge in [-0.3, -0.25) is 0 Å². The molecule has 0 aliphatic carbocycles. The Balaban J connectivity index is 2.80. The van der Waals surface area contributed by atoms with Crippen LogP contribution in [0.3, 0.4) is 0 Å². The topological polar surface area (TPSA) is 49.8 Å². The third kappa shape index (κ3) is 2.43. The van der Waals surface area contributed by atoms with Crippen molar-refractivity contribution < 1.29 is 0 Å². The van der Waals surface area contributed by atoms with Crippen molar-refractivity contribution in [1.29, 1.82) is 5.26 Å². The predicted molar refractivity (Wildman–Crippen MR) is 52.9 cm³/mol. The highest BCUT2D eigenvalue weighted by Crippen LogP contribution is 2.14. The molecule has 0 unspecified atom stereocenters. The van der Waals surface area contributed by atoms with Crippen molar-refractivity contribution in [3.05, 3.63) is 48.0 Å². The molecular weight excluding hydrogens is 160 g/mol. The molecule has 0 heterocycles. The molecule has 1 aromatic rings.